The van der Waals surface area contributed by atoms with E-state index in [0.29, 0.717) is 0 Å². The molecule has 5 heterocycles. The normalized spacial score (nSPS) is 12.2. The third-order valence-corrected chi connectivity index (χ3v) is 6.52. The second kappa shape index (κ2) is 8.36. The summed E-state index contributed by atoms with van der Waals surface area (Å²) in [6.45, 7) is 0. The van der Waals surface area contributed by atoms with Crippen LogP contribution in [0.2, 0.25) is 0 Å². The number of rotatable bonds is 2. The molecule has 5 aromatic rings. The minimum Gasteiger partial charge on any atom is -0.355 e. The Morgan fingerprint density at radius 1 is 0.444 bits per heavy atom. The summed E-state index contributed by atoms with van der Waals surface area (Å²) in [6.07, 6.45) is 8.32. The van der Waals surface area contributed by atoms with Crippen LogP contribution in [0.15, 0.2) is 97.1 Å². The fourth-order valence-electron chi connectivity index (χ4n) is 4.89. The number of benzene rings is 2. The zero-order valence-corrected chi connectivity index (χ0v) is 19.4. The van der Waals surface area contributed by atoms with Crippen molar-refractivity contribution < 1.29 is 0 Å². The molecule has 0 unspecified atom stereocenters. The van der Waals surface area contributed by atoms with Crippen molar-refractivity contribution in [2.24, 2.45) is 0 Å². The lowest BCUT2D eigenvalue weighted by atomic mass is 10.0. The van der Waals surface area contributed by atoms with Crippen molar-refractivity contribution in [3.63, 3.8) is 0 Å². The Labute approximate surface area is 208 Å². The number of fused-ring (bicyclic) bond motifs is 8. The predicted molar refractivity (Wildman–Crippen MR) is 150 cm³/mol. The minimum absolute atomic E-state index is 0.917. The van der Waals surface area contributed by atoms with Gasteiger partial charge in [-0.2, -0.15) is 0 Å². The summed E-state index contributed by atoms with van der Waals surface area (Å²) < 4.78 is 0. The van der Waals surface area contributed by atoms with Gasteiger partial charge in [-0.05, 0) is 71.8 Å². The first-order valence-electron chi connectivity index (χ1n) is 12.0. The van der Waals surface area contributed by atoms with Gasteiger partial charge in [0.15, 0.2) is 0 Å². The molecule has 0 radical (unpaired) electrons. The number of nitrogens with zero attached hydrogens (tertiary/aromatic N) is 2. The Kier molecular flexibility index (Phi) is 4.74. The van der Waals surface area contributed by atoms with Crippen LogP contribution >= 0.6 is 0 Å². The van der Waals surface area contributed by atoms with E-state index in [9.17, 15) is 0 Å². The van der Waals surface area contributed by atoms with E-state index in [1.165, 1.54) is 0 Å². The highest BCUT2D eigenvalue weighted by Crippen LogP contribution is 2.34. The van der Waals surface area contributed by atoms with Crippen molar-refractivity contribution in [1.29, 1.82) is 0 Å². The molecular weight excluding hydrogens is 440 g/mol. The molecule has 0 atom stereocenters. The number of aromatic amines is 2. The number of aromatic nitrogens is 4. The van der Waals surface area contributed by atoms with Gasteiger partial charge in [-0.1, -0.05) is 60.7 Å². The first-order valence-corrected chi connectivity index (χ1v) is 12.0. The van der Waals surface area contributed by atoms with Gasteiger partial charge in [0.2, 0.25) is 0 Å². The molecule has 4 heteroatoms. The van der Waals surface area contributed by atoms with E-state index in [1.807, 2.05) is 24.3 Å². The molecule has 170 valence electrons. The largest absolute Gasteiger partial charge is 0.355 e. The maximum Gasteiger partial charge on any atom is 0.0737 e. The SMILES string of the molecule is C1=Cc2cc3ccc([nH]3)c(-c3ccccc3)c3nc(c(-c4ccccc4)c4ccc(cc1n2)[nH]4)C=C3. The van der Waals surface area contributed by atoms with Gasteiger partial charge in [0.1, 0.15) is 0 Å². The Hall–Kier alpha value is -4.96. The highest BCUT2D eigenvalue weighted by molar-refractivity contribution is 5.95. The van der Waals surface area contributed by atoms with E-state index in [-0.39, 0.29) is 0 Å². The van der Waals surface area contributed by atoms with Gasteiger partial charge in [-0.3, -0.25) is 0 Å². The summed E-state index contributed by atoms with van der Waals surface area (Å²) in [5.74, 6) is 0. The van der Waals surface area contributed by atoms with Gasteiger partial charge in [-0.25, -0.2) is 9.97 Å². The summed E-state index contributed by atoms with van der Waals surface area (Å²) in [7, 11) is 0. The van der Waals surface area contributed by atoms with Crippen molar-refractivity contribution in [3.8, 4) is 22.3 Å². The molecule has 0 saturated carbocycles. The third kappa shape index (κ3) is 3.65. The molecule has 2 N–H and O–H groups in total. The molecule has 0 fully saturated rings. The molecule has 0 amide bonds. The van der Waals surface area contributed by atoms with Gasteiger partial charge in [0.05, 0.1) is 22.8 Å². The van der Waals surface area contributed by atoms with E-state index in [0.717, 1.165) is 67.1 Å². The van der Waals surface area contributed by atoms with Crippen LogP contribution in [0.25, 0.3) is 68.6 Å². The number of hydrogen-bond donors (Lipinski definition) is 2. The summed E-state index contributed by atoms with van der Waals surface area (Å²) in [6, 6.07) is 33.4. The van der Waals surface area contributed by atoms with Gasteiger partial charge in [0, 0.05) is 33.2 Å². The van der Waals surface area contributed by atoms with Gasteiger partial charge < -0.3 is 9.97 Å². The fraction of sp³-hybridized carbons (Fsp3) is 0. The molecule has 2 aliphatic heterocycles. The van der Waals surface area contributed by atoms with Gasteiger partial charge >= 0.3 is 0 Å². The second-order valence-corrected chi connectivity index (χ2v) is 8.94. The smallest absolute Gasteiger partial charge is 0.0737 e. The number of hydrogen-bond acceptors (Lipinski definition) is 2. The minimum atomic E-state index is 0.917. The van der Waals surface area contributed by atoms with Crippen LogP contribution in [0.4, 0.5) is 0 Å². The molecule has 7 rings (SSSR count). The number of H-pyrrole nitrogens is 2. The molecule has 2 aliphatic rings. The van der Waals surface area contributed by atoms with Crippen molar-refractivity contribution in [1.82, 2.24) is 19.9 Å². The van der Waals surface area contributed by atoms with Crippen LogP contribution in [0, 0.1) is 0 Å². The highest BCUT2D eigenvalue weighted by Gasteiger charge is 2.14. The third-order valence-electron chi connectivity index (χ3n) is 6.52. The van der Waals surface area contributed by atoms with E-state index >= 15 is 0 Å². The van der Waals surface area contributed by atoms with Gasteiger partial charge in [0.25, 0.3) is 0 Å². The molecule has 4 nitrogen and oxygen atoms in total. The molecule has 0 saturated heterocycles. The summed E-state index contributed by atoms with van der Waals surface area (Å²) >= 11 is 0. The standard InChI is InChI=1S/C32H22N4/c1-3-7-21(8-4-1)31-27-15-13-25(34-27)19-23-11-12-24(33-23)20-26-14-16-28(35-26)32(22-9-5-2-6-10-22)30-18-17-29(31)36-30/h1-20,34-35H. The number of nitrogens with one attached hydrogen (secondary N) is 2. The monoisotopic (exact) mass is 462 g/mol. The second-order valence-electron chi connectivity index (χ2n) is 8.94. The lowest BCUT2D eigenvalue weighted by Gasteiger charge is -2.05. The van der Waals surface area contributed by atoms with Crippen LogP contribution in [-0.4, -0.2) is 19.9 Å². The lowest BCUT2D eigenvalue weighted by Crippen LogP contribution is -1.87. The van der Waals surface area contributed by atoms with Crippen LogP contribution in [0.1, 0.15) is 22.8 Å². The van der Waals surface area contributed by atoms with Crippen LogP contribution in [0.5, 0.6) is 0 Å². The summed E-state index contributed by atoms with van der Waals surface area (Å²) in [5, 5.41) is 0. The van der Waals surface area contributed by atoms with E-state index in [4.69, 9.17) is 9.97 Å². The molecule has 36 heavy (non-hydrogen) atoms. The highest BCUT2D eigenvalue weighted by atomic mass is 14.8. The molecule has 2 aromatic carbocycles. The molecular formula is C32H22N4. The molecule has 3 aromatic heterocycles. The van der Waals surface area contributed by atoms with Crippen LogP contribution in [-0.2, 0) is 0 Å². The Morgan fingerprint density at radius 2 is 0.917 bits per heavy atom. The first-order chi connectivity index (χ1) is 17.8. The topological polar surface area (TPSA) is 57.4 Å². The lowest BCUT2D eigenvalue weighted by molar-refractivity contribution is 1.31. The van der Waals surface area contributed by atoms with E-state index < -0.39 is 0 Å². The van der Waals surface area contributed by atoms with Crippen molar-refractivity contribution in [2.45, 2.75) is 0 Å². The van der Waals surface area contributed by atoms with Crippen LogP contribution in [0.3, 0.4) is 0 Å². The zero-order valence-electron chi connectivity index (χ0n) is 19.4. The Bertz CT molecular complexity index is 1690. The van der Waals surface area contributed by atoms with E-state index in [2.05, 4.69) is 107 Å². The molecule has 0 spiro atoms. The average molecular weight is 463 g/mol. The van der Waals surface area contributed by atoms with Crippen LogP contribution < -0.4 is 0 Å². The van der Waals surface area contributed by atoms with Gasteiger partial charge in [-0.15, -0.1) is 0 Å². The first kappa shape index (κ1) is 20.4. The van der Waals surface area contributed by atoms with Crippen molar-refractivity contribution in [3.05, 3.63) is 120 Å². The molecule has 0 aliphatic carbocycles. The fourth-order valence-corrected chi connectivity index (χ4v) is 4.89. The average Bonchev–Trinajstić information content (AvgIpc) is 3.72. The van der Waals surface area contributed by atoms with Crippen molar-refractivity contribution >= 4 is 46.4 Å². The maximum absolute atomic E-state index is 5.19. The Morgan fingerprint density at radius 3 is 1.39 bits per heavy atom. The Balaban J connectivity index is 1.64. The maximum atomic E-state index is 5.19. The predicted octanol–water partition coefficient (Wildman–Crippen LogP) is 7.99. The van der Waals surface area contributed by atoms with E-state index in [1.54, 1.807) is 0 Å². The van der Waals surface area contributed by atoms with Crippen molar-refractivity contribution in [2.75, 3.05) is 0 Å². The zero-order chi connectivity index (χ0) is 23.9. The quantitative estimate of drug-likeness (QED) is 0.273. The summed E-state index contributed by atoms with van der Waals surface area (Å²) in [5.41, 5.74) is 12.1. The summed E-state index contributed by atoms with van der Waals surface area (Å²) in [4.78, 5) is 17.2. The molecule has 8 bridgehead atoms.